The van der Waals surface area contributed by atoms with E-state index in [9.17, 15) is 0 Å². The average Bonchev–Trinajstić information content (AvgIpc) is 3.36. The third-order valence-corrected chi connectivity index (χ3v) is 4.65. The monoisotopic (exact) mass is 349 g/mol. The molecule has 1 aliphatic carbocycles. The number of hydrogen-bond acceptors (Lipinski definition) is 4. The minimum Gasteiger partial charge on any atom is -0.490 e. The Kier molecular flexibility index (Phi) is 4.91. The van der Waals surface area contributed by atoms with E-state index in [-0.39, 0.29) is 6.10 Å². The Morgan fingerprint density at radius 3 is 2.62 bits per heavy atom. The fraction of sp³-hybridized carbons (Fsp3) is 0.318. The Labute approximate surface area is 153 Å². The second-order valence-electron chi connectivity index (χ2n) is 6.50. The Morgan fingerprint density at radius 1 is 1.00 bits per heavy atom. The highest BCUT2D eigenvalue weighted by Crippen LogP contribution is 2.37. The fourth-order valence-electron chi connectivity index (χ4n) is 3.35. The van der Waals surface area contributed by atoms with E-state index in [1.54, 1.807) is 6.20 Å². The maximum absolute atomic E-state index is 6.23. The first-order valence-electron chi connectivity index (χ1n) is 9.28. The SMILES string of the molecule is CCOc1ccc(-c2ccc(-c3ccccn3)o2)cc1OC1CCCC1. The number of hydrogen-bond donors (Lipinski definition) is 0. The first kappa shape index (κ1) is 16.7. The van der Waals surface area contributed by atoms with Gasteiger partial charge in [0.2, 0.25) is 0 Å². The molecule has 134 valence electrons. The quantitative estimate of drug-likeness (QED) is 0.570. The van der Waals surface area contributed by atoms with Crippen molar-refractivity contribution in [2.24, 2.45) is 0 Å². The van der Waals surface area contributed by atoms with E-state index in [1.807, 2.05) is 55.5 Å². The first-order chi connectivity index (χ1) is 12.8. The summed E-state index contributed by atoms with van der Waals surface area (Å²) in [5, 5.41) is 0. The van der Waals surface area contributed by atoms with Crippen LogP contribution in [0.3, 0.4) is 0 Å². The molecule has 0 saturated heterocycles. The maximum Gasteiger partial charge on any atom is 0.162 e. The first-order valence-corrected chi connectivity index (χ1v) is 9.28. The van der Waals surface area contributed by atoms with Crippen molar-refractivity contribution in [1.29, 1.82) is 0 Å². The molecule has 1 saturated carbocycles. The summed E-state index contributed by atoms with van der Waals surface area (Å²) in [4.78, 5) is 4.34. The van der Waals surface area contributed by atoms with Gasteiger partial charge in [0.05, 0.1) is 12.7 Å². The van der Waals surface area contributed by atoms with Crippen LogP contribution in [0, 0.1) is 0 Å². The second kappa shape index (κ2) is 7.65. The van der Waals surface area contributed by atoms with Gasteiger partial charge in [0, 0.05) is 11.8 Å². The van der Waals surface area contributed by atoms with Gasteiger partial charge in [0.15, 0.2) is 17.3 Å². The molecule has 3 aromatic rings. The fourth-order valence-corrected chi connectivity index (χ4v) is 3.35. The van der Waals surface area contributed by atoms with Gasteiger partial charge >= 0.3 is 0 Å². The van der Waals surface area contributed by atoms with Crippen LogP contribution < -0.4 is 9.47 Å². The molecular weight excluding hydrogens is 326 g/mol. The summed E-state index contributed by atoms with van der Waals surface area (Å²) in [5.41, 5.74) is 1.80. The molecule has 0 unspecified atom stereocenters. The molecule has 1 fully saturated rings. The molecule has 1 aromatic carbocycles. The zero-order chi connectivity index (χ0) is 17.8. The van der Waals surface area contributed by atoms with Gasteiger partial charge in [-0.3, -0.25) is 4.98 Å². The highest BCUT2D eigenvalue weighted by Gasteiger charge is 2.19. The van der Waals surface area contributed by atoms with Gasteiger partial charge < -0.3 is 13.9 Å². The zero-order valence-electron chi connectivity index (χ0n) is 15.0. The van der Waals surface area contributed by atoms with E-state index in [4.69, 9.17) is 13.9 Å². The van der Waals surface area contributed by atoms with Gasteiger partial charge in [-0.25, -0.2) is 0 Å². The van der Waals surface area contributed by atoms with E-state index in [0.29, 0.717) is 6.61 Å². The molecule has 0 amide bonds. The van der Waals surface area contributed by atoms with Crippen LogP contribution in [-0.4, -0.2) is 17.7 Å². The van der Waals surface area contributed by atoms with E-state index in [0.717, 1.165) is 47.1 Å². The molecule has 0 N–H and O–H groups in total. The average molecular weight is 349 g/mol. The minimum absolute atomic E-state index is 0.283. The van der Waals surface area contributed by atoms with Crippen molar-refractivity contribution in [1.82, 2.24) is 4.98 Å². The largest absolute Gasteiger partial charge is 0.490 e. The van der Waals surface area contributed by atoms with Gasteiger partial charge in [-0.05, 0) is 75.1 Å². The predicted molar refractivity (Wildman–Crippen MR) is 101 cm³/mol. The normalized spacial score (nSPS) is 14.5. The molecule has 1 aliphatic rings. The molecular formula is C22H23NO3. The summed E-state index contributed by atoms with van der Waals surface area (Å²) in [6, 6.07) is 15.7. The van der Waals surface area contributed by atoms with Gasteiger partial charge in [-0.2, -0.15) is 0 Å². The van der Waals surface area contributed by atoms with Crippen LogP contribution in [0.1, 0.15) is 32.6 Å². The van der Waals surface area contributed by atoms with Gasteiger partial charge in [0.1, 0.15) is 11.5 Å². The molecule has 4 rings (SSSR count). The van der Waals surface area contributed by atoms with Crippen LogP contribution in [0.15, 0.2) is 59.1 Å². The number of ether oxygens (including phenoxy) is 2. The number of pyridine rings is 1. The molecule has 2 heterocycles. The third kappa shape index (κ3) is 3.59. The number of nitrogens with zero attached hydrogens (tertiary/aromatic N) is 1. The summed E-state index contributed by atoms with van der Waals surface area (Å²) >= 11 is 0. The summed E-state index contributed by atoms with van der Waals surface area (Å²) < 4.78 is 18.0. The molecule has 0 bridgehead atoms. The molecule has 0 spiro atoms. The van der Waals surface area contributed by atoms with Crippen molar-refractivity contribution in [2.45, 2.75) is 38.7 Å². The second-order valence-corrected chi connectivity index (χ2v) is 6.50. The molecule has 2 aromatic heterocycles. The Balaban J connectivity index is 1.63. The summed E-state index contributed by atoms with van der Waals surface area (Å²) in [6.07, 6.45) is 6.74. The molecule has 0 radical (unpaired) electrons. The molecule has 0 aliphatic heterocycles. The molecule has 4 nitrogen and oxygen atoms in total. The third-order valence-electron chi connectivity index (χ3n) is 4.65. The highest BCUT2D eigenvalue weighted by molar-refractivity contribution is 5.66. The van der Waals surface area contributed by atoms with E-state index in [2.05, 4.69) is 4.98 Å². The Bertz CT molecular complexity index is 851. The van der Waals surface area contributed by atoms with E-state index in [1.165, 1.54) is 12.8 Å². The summed E-state index contributed by atoms with van der Waals surface area (Å²) in [6.45, 7) is 2.60. The number of rotatable bonds is 6. The topological polar surface area (TPSA) is 44.5 Å². The van der Waals surface area contributed by atoms with E-state index >= 15 is 0 Å². The lowest BCUT2D eigenvalue weighted by Gasteiger charge is -2.17. The van der Waals surface area contributed by atoms with Crippen molar-refractivity contribution in [3.8, 4) is 34.3 Å². The number of benzene rings is 1. The van der Waals surface area contributed by atoms with Crippen LogP contribution in [0.5, 0.6) is 11.5 Å². The van der Waals surface area contributed by atoms with E-state index < -0.39 is 0 Å². The van der Waals surface area contributed by atoms with Crippen molar-refractivity contribution in [3.05, 3.63) is 54.7 Å². The van der Waals surface area contributed by atoms with Crippen LogP contribution in [0.2, 0.25) is 0 Å². The molecule has 4 heteroatoms. The van der Waals surface area contributed by atoms with Crippen molar-refractivity contribution >= 4 is 0 Å². The lowest BCUT2D eigenvalue weighted by atomic mass is 10.1. The van der Waals surface area contributed by atoms with Gasteiger partial charge in [0.25, 0.3) is 0 Å². The Morgan fingerprint density at radius 2 is 1.85 bits per heavy atom. The van der Waals surface area contributed by atoms with Crippen LogP contribution in [-0.2, 0) is 0 Å². The zero-order valence-corrected chi connectivity index (χ0v) is 15.0. The molecule has 26 heavy (non-hydrogen) atoms. The summed E-state index contributed by atoms with van der Waals surface area (Å²) in [7, 11) is 0. The van der Waals surface area contributed by atoms with Gasteiger partial charge in [-0.15, -0.1) is 0 Å². The van der Waals surface area contributed by atoms with Crippen molar-refractivity contribution < 1.29 is 13.9 Å². The summed E-state index contributed by atoms with van der Waals surface area (Å²) in [5.74, 6) is 3.14. The number of furan rings is 1. The predicted octanol–water partition coefficient (Wildman–Crippen LogP) is 5.73. The van der Waals surface area contributed by atoms with Crippen molar-refractivity contribution in [3.63, 3.8) is 0 Å². The van der Waals surface area contributed by atoms with Gasteiger partial charge in [-0.1, -0.05) is 6.07 Å². The van der Waals surface area contributed by atoms with Crippen LogP contribution in [0.25, 0.3) is 22.8 Å². The van der Waals surface area contributed by atoms with Crippen LogP contribution in [0.4, 0.5) is 0 Å². The van der Waals surface area contributed by atoms with Crippen molar-refractivity contribution in [2.75, 3.05) is 6.61 Å². The smallest absolute Gasteiger partial charge is 0.162 e. The minimum atomic E-state index is 0.283. The lowest BCUT2D eigenvalue weighted by Crippen LogP contribution is -2.12. The number of aromatic nitrogens is 1. The maximum atomic E-state index is 6.23. The van der Waals surface area contributed by atoms with Crippen LogP contribution >= 0.6 is 0 Å². The standard InChI is InChI=1S/C22H23NO3/c1-2-24-21-11-10-16(15-22(21)25-17-7-3-4-8-17)19-12-13-20(26-19)18-9-5-6-14-23-18/h5-6,9-15,17H,2-4,7-8H2,1H3. The lowest BCUT2D eigenvalue weighted by molar-refractivity contribution is 0.197. The highest BCUT2D eigenvalue weighted by atomic mass is 16.5. The molecule has 0 atom stereocenters. The Hall–Kier alpha value is -2.75.